The van der Waals surface area contributed by atoms with E-state index in [-0.39, 0.29) is 1.43 Å². The molecule has 0 aliphatic heterocycles. The van der Waals surface area contributed by atoms with Crippen LogP contribution < -0.4 is 0 Å². The standard InChI is InChI=1S/C2H3NO.H2/c1-4-2-3;/h1H3;1H/i;1+1. The number of ether oxygens (including phenoxy) is 1. The second-order valence-electron chi connectivity index (χ2n) is 0.295. The Kier molecular flexibility index (Phi) is 1.88. The van der Waals surface area contributed by atoms with Gasteiger partial charge in [0.2, 0.25) is 0 Å². The summed E-state index contributed by atoms with van der Waals surface area (Å²) in [6, 6.07) is 0. The highest BCUT2D eigenvalue weighted by atomic mass is 16.5. The number of rotatable bonds is 0. The molecule has 2 heteroatoms. The van der Waals surface area contributed by atoms with E-state index >= 15 is 0 Å². The van der Waals surface area contributed by atoms with E-state index in [1.165, 1.54) is 13.4 Å². The van der Waals surface area contributed by atoms with Crippen LogP contribution >= 0.6 is 0 Å². The van der Waals surface area contributed by atoms with Crippen molar-refractivity contribution in [3.05, 3.63) is 0 Å². The van der Waals surface area contributed by atoms with Crippen molar-refractivity contribution in [3.63, 3.8) is 0 Å². The first-order chi connectivity index (χ1) is 1.91. The summed E-state index contributed by atoms with van der Waals surface area (Å²) in [6.07, 6.45) is 1.43. The maximum absolute atomic E-state index is 7.40. The van der Waals surface area contributed by atoms with Gasteiger partial charge >= 0.3 is 0 Å². The molecule has 0 aromatic heterocycles. The molecule has 0 bridgehead atoms. The third kappa shape index (κ3) is 1.29. The molecule has 0 fully saturated rings. The molecule has 0 saturated carbocycles. The van der Waals surface area contributed by atoms with Crippen LogP contribution in [0.3, 0.4) is 0 Å². The molecule has 0 amide bonds. The van der Waals surface area contributed by atoms with Crippen molar-refractivity contribution in [2.24, 2.45) is 0 Å². The lowest BCUT2D eigenvalue weighted by Crippen LogP contribution is -1.55. The van der Waals surface area contributed by atoms with Gasteiger partial charge in [-0.3, -0.25) is 0 Å². The van der Waals surface area contributed by atoms with Crippen LogP contribution in [0.25, 0.3) is 0 Å². The van der Waals surface area contributed by atoms with E-state index in [0.717, 1.165) is 0 Å². The van der Waals surface area contributed by atoms with Crippen LogP contribution in [-0.4, -0.2) is 7.11 Å². The summed E-state index contributed by atoms with van der Waals surface area (Å²) < 4.78 is 3.85. The Bertz CT molecular complexity index is 39.4. The first kappa shape index (κ1) is 3.29. The van der Waals surface area contributed by atoms with Crippen molar-refractivity contribution in [2.45, 2.75) is 0 Å². The van der Waals surface area contributed by atoms with E-state index in [1.807, 2.05) is 0 Å². The normalized spacial score (nSPS) is 4.00. The molecule has 0 N–H and O–H groups in total. The summed E-state index contributed by atoms with van der Waals surface area (Å²) in [5.74, 6) is 0. The van der Waals surface area contributed by atoms with Crippen molar-refractivity contribution >= 4 is 0 Å². The summed E-state index contributed by atoms with van der Waals surface area (Å²) in [4.78, 5) is 0. The minimum atomic E-state index is 0. The van der Waals surface area contributed by atoms with Gasteiger partial charge in [0.1, 0.15) is 0 Å². The largest absolute Gasteiger partial charge is 0.431 e. The zero-order chi connectivity index (χ0) is 3.41. The molecule has 0 radical (unpaired) electrons. The van der Waals surface area contributed by atoms with Gasteiger partial charge in [0.05, 0.1) is 7.11 Å². The number of hydrogen-bond donors (Lipinski definition) is 0. The summed E-state index contributed by atoms with van der Waals surface area (Å²) >= 11 is 0. The number of nitriles is 1. The van der Waals surface area contributed by atoms with Gasteiger partial charge in [0.15, 0.2) is 0 Å². The molecule has 0 atom stereocenters. The minimum Gasteiger partial charge on any atom is -0.431 e. The van der Waals surface area contributed by atoms with Gasteiger partial charge in [0.25, 0.3) is 6.26 Å². The zero-order valence-electron chi connectivity index (χ0n) is 2.36. The first-order valence-electron chi connectivity index (χ1n) is 0.836. The van der Waals surface area contributed by atoms with Gasteiger partial charge in [-0.25, -0.2) is 0 Å². The lowest BCUT2D eigenvalue weighted by molar-refractivity contribution is 0.362. The molecule has 2 nitrogen and oxygen atoms in total. The molecule has 0 aromatic carbocycles. The minimum absolute atomic E-state index is 0. The summed E-state index contributed by atoms with van der Waals surface area (Å²) in [5.41, 5.74) is 0. The molecule has 0 aliphatic rings. The molecule has 0 aliphatic carbocycles. The summed E-state index contributed by atoms with van der Waals surface area (Å²) in [6.45, 7) is 0. The lowest BCUT2D eigenvalue weighted by Gasteiger charge is -1.61. The maximum Gasteiger partial charge on any atom is 0.286 e. The van der Waals surface area contributed by atoms with E-state index in [1.54, 1.807) is 0 Å². The molecule has 0 spiro atoms. The Morgan fingerprint density at radius 2 is 2.50 bits per heavy atom. The fourth-order valence-electron chi connectivity index (χ4n) is 0. The molecule has 0 unspecified atom stereocenters. The Labute approximate surface area is 26.1 Å². The molecule has 0 heterocycles. The number of nitrogens with zero attached hydrogens (tertiary/aromatic N) is 1. The van der Waals surface area contributed by atoms with Crippen LogP contribution in [0.4, 0.5) is 0 Å². The summed E-state index contributed by atoms with van der Waals surface area (Å²) in [7, 11) is 1.32. The highest BCUT2D eigenvalue weighted by molar-refractivity contribution is 4.39. The fraction of sp³-hybridized carbons (Fsp3) is 0.500. The van der Waals surface area contributed by atoms with Gasteiger partial charge < -0.3 is 4.74 Å². The maximum atomic E-state index is 7.40. The van der Waals surface area contributed by atoms with E-state index < -0.39 is 0 Å². The molecule has 0 rings (SSSR count). The fourth-order valence-corrected chi connectivity index (χ4v) is 0. The molecule has 0 saturated heterocycles. The van der Waals surface area contributed by atoms with E-state index in [4.69, 9.17) is 5.26 Å². The highest BCUT2D eigenvalue weighted by Gasteiger charge is 1.42. The Morgan fingerprint density at radius 3 is 2.50 bits per heavy atom. The second-order valence-corrected chi connectivity index (χ2v) is 0.295. The monoisotopic (exact) mass is 60.0 g/mol. The molecule has 0 aromatic rings. The topological polar surface area (TPSA) is 33.0 Å². The molecule has 24 valence electrons. The third-order valence-corrected chi connectivity index (χ3v) is 0.0913. The van der Waals surface area contributed by atoms with Crippen LogP contribution in [0, 0.1) is 11.5 Å². The van der Waals surface area contributed by atoms with Gasteiger partial charge in [-0.05, 0) is 0 Å². The van der Waals surface area contributed by atoms with Crippen LogP contribution in [0.2, 0.25) is 0 Å². The molecule has 4 heavy (non-hydrogen) atoms. The van der Waals surface area contributed by atoms with Crippen molar-refractivity contribution < 1.29 is 6.16 Å². The van der Waals surface area contributed by atoms with E-state index in [2.05, 4.69) is 4.74 Å². The number of methoxy groups -OCH3 is 1. The second kappa shape index (κ2) is 2.29. The van der Waals surface area contributed by atoms with Crippen molar-refractivity contribution in [1.29, 1.82) is 5.26 Å². The van der Waals surface area contributed by atoms with E-state index in [0.29, 0.717) is 0 Å². The van der Waals surface area contributed by atoms with Gasteiger partial charge in [-0.1, -0.05) is 0 Å². The smallest absolute Gasteiger partial charge is 0.286 e. The average Bonchev–Trinajstić information content (AvgIpc) is 1.37. The van der Waals surface area contributed by atoms with Crippen LogP contribution in [-0.2, 0) is 4.74 Å². The predicted molar refractivity (Wildman–Crippen MR) is 14.7 cm³/mol. The third-order valence-electron chi connectivity index (χ3n) is 0.0913. The Balaban J connectivity index is 0. The lowest BCUT2D eigenvalue weighted by atomic mass is 11.5. The molecular formula is C2H5NO. The quantitative estimate of drug-likeness (QED) is 0.378. The Hall–Kier alpha value is -0.710. The van der Waals surface area contributed by atoms with Gasteiger partial charge in [-0.2, -0.15) is 5.26 Å². The van der Waals surface area contributed by atoms with Crippen molar-refractivity contribution in [2.75, 3.05) is 7.11 Å². The zero-order valence-corrected chi connectivity index (χ0v) is 2.36. The SMILES string of the molecule is COC#N.[2HH]. The highest BCUT2D eigenvalue weighted by Crippen LogP contribution is 1.41. The van der Waals surface area contributed by atoms with Crippen LogP contribution in [0.5, 0.6) is 0 Å². The first-order valence-corrected chi connectivity index (χ1v) is 0.836. The van der Waals surface area contributed by atoms with Gasteiger partial charge in [-0.15, -0.1) is 0 Å². The van der Waals surface area contributed by atoms with Crippen LogP contribution in [0.1, 0.15) is 1.43 Å². The predicted octanol–water partition coefficient (Wildman–Crippen LogP) is 0.360. The van der Waals surface area contributed by atoms with Crippen molar-refractivity contribution in [3.8, 4) is 6.26 Å². The van der Waals surface area contributed by atoms with E-state index in [9.17, 15) is 0 Å². The van der Waals surface area contributed by atoms with Gasteiger partial charge in [0, 0.05) is 1.43 Å². The van der Waals surface area contributed by atoms with Crippen molar-refractivity contribution in [1.82, 2.24) is 0 Å². The Morgan fingerprint density at radius 1 is 2.25 bits per heavy atom. The number of hydrogen-bond acceptors (Lipinski definition) is 2. The molecular weight excluding hydrogens is 54.0 g/mol. The average molecular weight is 60.1 g/mol. The van der Waals surface area contributed by atoms with Crippen LogP contribution in [0.15, 0.2) is 0 Å². The summed E-state index contributed by atoms with van der Waals surface area (Å²) in [5, 5.41) is 7.40.